The number of nitrogens with zero attached hydrogens (tertiary/aromatic N) is 2. The number of nitro benzene ring substituents is 2. The number of carbonyl (C=O) groups is 2. The number of aryl methyl sites for hydroxylation is 2. The fraction of sp³-hybridized carbons (Fsp3) is 0.278. The first-order valence-electron chi connectivity index (χ1n) is 14.5. The second-order valence-electron chi connectivity index (χ2n) is 12.6. The van der Waals surface area contributed by atoms with Crippen LogP contribution in [0.25, 0.3) is 22.3 Å². The molecule has 4 aromatic carbocycles. The van der Waals surface area contributed by atoms with E-state index < -0.39 is 33.0 Å². The fourth-order valence-electron chi connectivity index (χ4n) is 4.51. The average Bonchev–Trinajstić information content (AvgIpc) is 2.95. The summed E-state index contributed by atoms with van der Waals surface area (Å²) in [5, 5.41) is 22.7. The minimum atomic E-state index is -0.709. The molecular weight excluding hydrogens is 588 g/mol. The molecule has 0 radical (unpaired) electrons. The summed E-state index contributed by atoms with van der Waals surface area (Å²) >= 11 is 0. The predicted molar refractivity (Wildman–Crippen MR) is 177 cm³/mol. The number of nitro groups is 2. The minimum absolute atomic E-state index is 0.0396. The van der Waals surface area contributed by atoms with Crippen molar-refractivity contribution >= 4 is 23.3 Å². The van der Waals surface area contributed by atoms with Gasteiger partial charge in [0.15, 0.2) is 0 Å². The Labute approximate surface area is 268 Å². The van der Waals surface area contributed by atoms with Gasteiger partial charge >= 0.3 is 11.9 Å². The smallest absolute Gasteiger partial charge is 0.345 e. The van der Waals surface area contributed by atoms with Crippen molar-refractivity contribution in [1.82, 2.24) is 0 Å². The summed E-state index contributed by atoms with van der Waals surface area (Å²) in [5.41, 5.74) is 3.20. The standard InChI is InChI=1S/2C18H19NO4/c2*1-12-7-5-6-8-14(12)13-9-10-15(16(11-13)19(21)22)17(20)23-18(2,3)4/h2*5-11H,1-4H3. The molecule has 0 aliphatic carbocycles. The monoisotopic (exact) mass is 626 g/mol. The van der Waals surface area contributed by atoms with Crippen LogP contribution in [0.15, 0.2) is 84.9 Å². The summed E-state index contributed by atoms with van der Waals surface area (Å²) in [6.45, 7) is 14.2. The number of hydrogen-bond acceptors (Lipinski definition) is 8. The second-order valence-corrected chi connectivity index (χ2v) is 12.6. The van der Waals surface area contributed by atoms with Crippen molar-refractivity contribution in [3.05, 3.63) is 127 Å². The van der Waals surface area contributed by atoms with Gasteiger partial charge in [-0.05, 0) is 101 Å². The van der Waals surface area contributed by atoms with Crippen LogP contribution in [0.3, 0.4) is 0 Å². The van der Waals surface area contributed by atoms with Gasteiger partial charge in [0.2, 0.25) is 0 Å². The molecule has 0 bridgehead atoms. The largest absolute Gasteiger partial charge is 0.456 e. The number of esters is 2. The lowest BCUT2D eigenvalue weighted by molar-refractivity contribution is -0.385. The van der Waals surface area contributed by atoms with Gasteiger partial charge in [0.05, 0.1) is 9.85 Å². The number of hydrogen-bond donors (Lipinski definition) is 0. The van der Waals surface area contributed by atoms with Gasteiger partial charge < -0.3 is 9.47 Å². The van der Waals surface area contributed by atoms with Crippen LogP contribution in [-0.2, 0) is 9.47 Å². The Kier molecular flexibility index (Phi) is 10.8. The summed E-state index contributed by atoms with van der Waals surface area (Å²) in [6, 6.07) is 24.3. The van der Waals surface area contributed by atoms with Crippen LogP contribution in [0.4, 0.5) is 11.4 Å². The normalized spacial score (nSPS) is 11.1. The molecule has 0 N–H and O–H groups in total. The summed E-state index contributed by atoms with van der Waals surface area (Å²) in [7, 11) is 0. The molecule has 0 spiro atoms. The highest BCUT2D eigenvalue weighted by atomic mass is 16.6. The second kappa shape index (κ2) is 14.2. The van der Waals surface area contributed by atoms with Gasteiger partial charge in [-0.1, -0.05) is 60.7 Å². The molecule has 4 aromatic rings. The van der Waals surface area contributed by atoms with Gasteiger partial charge in [-0.2, -0.15) is 0 Å². The summed E-state index contributed by atoms with van der Waals surface area (Å²) in [4.78, 5) is 46.0. The van der Waals surface area contributed by atoms with Crippen molar-refractivity contribution in [2.75, 3.05) is 0 Å². The third-order valence-electron chi connectivity index (χ3n) is 6.54. The number of ether oxygens (including phenoxy) is 2. The topological polar surface area (TPSA) is 139 Å². The van der Waals surface area contributed by atoms with E-state index in [2.05, 4.69) is 0 Å². The first-order chi connectivity index (χ1) is 21.4. The molecule has 0 aromatic heterocycles. The summed E-state index contributed by atoms with van der Waals surface area (Å²) in [5.74, 6) is -1.39. The lowest BCUT2D eigenvalue weighted by atomic mass is 9.98. The average molecular weight is 627 g/mol. The Balaban J connectivity index is 0.000000250. The lowest BCUT2D eigenvalue weighted by Gasteiger charge is -2.19. The molecule has 0 unspecified atom stereocenters. The minimum Gasteiger partial charge on any atom is -0.456 e. The molecule has 0 atom stereocenters. The molecule has 0 fully saturated rings. The van der Waals surface area contributed by atoms with Gasteiger partial charge in [-0.3, -0.25) is 20.2 Å². The molecule has 10 nitrogen and oxygen atoms in total. The van der Waals surface area contributed by atoms with E-state index in [9.17, 15) is 29.8 Å². The van der Waals surface area contributed by atoms with Crippen LogP contribution < -0.4 is 0 Å². The van der Waals surface area contributed by atoms with E-state index >= 15 is 0 Å². The molecule has 46 heavy (non-hydrogen) atoms. The first-order valence-corrected chi connectivity index (χ1v) is 14.5. The molecule has 0 aliphatic rings. The van der Waals surface area contributed by atoms with E-state index in [0.29, 0.717) is 11.1 Å². The zero-order chi connectivity index (χ0) is 34.4. The Morgan fingerprint density at radius 3 is 1.17 bits per heavy atom. The van der Waals surface area contributed by atoms with E-state index in [0.717, 1.165) is 22.3 Å². The number of carbonyl (C=O) groups excluding carboxylic acids is 2. The zero-order valence-corrected chi connectivity index (χ0v) is 27.2. The van der Waals surface area contributed by atoms with Crippen molar-refractivity contribution in [3.8, 4) is 22.3 Å². The fourth-order valence-corrected chi connectivity index (χ4v) is 4.51. The highest BCUT2D eigenvalue weighted by Crippen LogP contribution is 2.32. The third kappa shape index (κ3) is 9.31. The Hall–Kier alpha value is -5.38. The molecule has 240 valence electrons. The van der Waals surface area contributed by atoms with E-state index in [1.54, 1.807) is 53.7 Å². The molecule has 10 heteroatoms. The van der Waals surface area contributed by atoms with Gasteiger partial charge in [0.25, 0.3) is 11.4 Å². The molecule has 0 heterocycles. The third-order valence-corrected chi connectivity index (χ3v) is 6.54. The molecule has 0 saturated heterocycles. The van der Waals surface area contributed by atoms with Crippen LogP contribution in [0.1, 0.15) is 73.4 Å². The van der Waals surface area contributed by atoms with Crippen molar-refractivity contribution in [3.63, 3.8) is 0 Å². The highest BCUT2D eigenvalue weighted by Gasteiger charge is 2.27. The number of benzene rings is 4. The maximum absolute atomic E-state index is 12.2. The van der Waals surface area contributed by atoms with Crippen LogP contribution in [0, 0.1) is 34.1 Å². The van der Waals surface area contributed by atoms with E-state index in [-0.39, 0.29) is 22.5 Å². The first kappa shape index (κ1) is 35.1. The molecule has 0 aliphatic heterocycles. The van der Waals surface area contributed by atoms with Gasteiger partial charge in [-0.15, -0.1) is 0 Å². The quantitative estimate of drug-likeness (QED) is 0.117. The summed E-state index contributed by atoms with van der Waals surface area (Å²) < 4.78 is 10.5. The van der Waals surface area contributed by atoms with Crippen molar-refractivity contribution in [2.45, 2.75) is 66.6 Å². The Morgan fingerprint density at radius 1 is 0.565 bits per heavy atom. The van der Waals surface area contributed by atoms with Gasteiger partial charge in [0.1, 0.15) is 22.3 Å². The van der Waals surface area contributed by atoms with Gasteiger partial charge in [-0.25, -0.2) is 9.59 Å². The lowest BCUT2D eigenvalue weighted by Crippen LogP contribution is -2.24. The number of rotatable bonds is 6. The van der Waals surface area contributed by atoms with Crippen LogP contribution in [-0.4, -0.2) is 33.0 Å². The molecular formula is C36H38N2O8. The maximum atomic E-state index is 12.2. The van der Waals surface area contributed by atoms with Crippen molar-refractivity contribution < 1.29 is 28.9 Å². The summed E-state index contributed by atoms with van der Waals surface area (Å²) in [6.07, 6.45) is 0. The molecule has 0 amide bonds. The Bertz CT molecular complexity index is 1650. The Morgan fingerprint density at radius 2 is 0.891 bits per heavy atom. The predicted octanol–water partition coefficient (Wildman–Crippen LogP) is 9.05. The van der Waals surface area contributed by atoms with Crippen LogP contribution in [0.2, 0.25) is 0 Å². The van der Waals surface area contributed by atoms with Crippen LogP contribution in [0.5, 0.6) is 0 Å². The van der Waals surface area contributed by atoms with E-state index in [4.69, 9.17) is 9.47 Å². The van der Waals surface area contributed by atoms with Crippen molar-refractivity contribution in [1.29, 1.82) is 0 Å². The molecule has 0 saturated carbocycles. The van der Waals surface area contributed by atoms with E-state index in [1.165, 1.54) is 24.3 Å². The van der Waals surface area contributed by atoms with Crippen LogP contribution >= 0.6 is 0 Å². The SMILES string of the molecule is Cc1ccccc1-c1ccc(C(=O)OC(C)(C)C)c([N+](=O)[O-])c1.Cc1ccccc1-c1ccc(C(=O)OC(C)(C)C)c([N+](=O)[O-])c1. The maximum Gasteiger partial charge on any atom is 0.345 e. The zero-order valence-electron chi connectivity index (χ0n) is 27.2. The van der Waals surface area contributed by atoms with Crippen molar-refractivity contribution in [2.24, 2.45) is 0 Å². The highest BCUT2D eigenvalue weighted by molar-refractivity contribution is 5.96. The van der Waals surface area contributed by atoms with E-state index in [1.807, 2.05) is 62.4 Å². The molecule has 4 rings (SSSR count). The van der Waals surface area contributed by atoms with Gasteiger partial charge in [0, 0.05) is 12.1 Å².